The average molecular weight is 785 g/mol. The molecule has 0 spiro atoms. The van der Waals surface area contributed by atoms with Gasteiger partial charge in [0, 0.05) is 12.8 Å². The summed E-state index contributed by atoms with van der Waals surface area (Å²) in [5, 5.41) is 0. The molecule has 0 heterocycles. The first-order valence-electron chi connectivity index (χ1n) is 22.6. The summed E-state index contributed by atoms with van der Waals surface area (Å²) in [7, 11) is -4.75. The molecule has 1 atom stereocenters. The number of ether oxygens (including phenoxy) is 2. The lowest BCUT2D eigenvalue weighted by molar-refractivity contribution is -0.161. The van der Waals surface area contributed by atoms with Crippen LogP contribution in [0.2, 0.25) is 0 Å². The van der Waals surface area contributed by atoms with Crippen LogP contribution < -0.4 is 0 Å². The van der Waals surface area contributed by atoms with Crippen molar-refractivity contribution in [1.29, 1.82) is 0 Å². The van der Waals surface area contributed by atoms with Gasteiger partial charge in [0.15, 0.2) is 6.10 Å². The van der Waals surface area contributed by atoms with Crippen LogP contribution in [0.3, 0.4) is 0 Å². The van der Waals surface area contributed by atoms with E-state index in [1.54, 1.807) is 0 Å². The molecule has 0 aromatic rings. The van der Waals surface area contributed by atoms with Crippen LogP contribution in [0.5, 0.6) is 0 Å². The van der Waals surface area contributed by atoms with Crippen LogP contribution in [-0.4, -0.2) is 41.0 Å². The Balaban J connectivity index is 3.85. The number of hydrogen-bond donors (Lipinski definition) is 2. The van der Waals surface area contributed by atoms with Crippen LogP contribution >= 0.6 is 7.82 Å². The molecular formula is C45H85O8P. The molecule has 0 aliphatic heterocycles. The number of carbonyl (C=O) groups is 2. The molecule has 0 radical (unpaired) electrons. The van der Waals surface area contributed by atoms with Crippen molar-refractivity contribution < 1.29 is 37.9 Å². The van der Waals surface area contributed by atoms with Gasteiger partial charge in [-0.2, -0.15) is 0 Å². The maximum atomic E-state index is 12.4. The van der Waals surface area contributed by atoms with Crippen LogP contribution in [0, 0.1) is 0 Å². The van der Waals surface area contributed by atoms with E-state index < -0.39 is 32.5 Å². The van der Waals surface area contributed by atoms with Gasteiger partial charge in [0.1, 0.15) is 6.61 Å². The zero-order valence-corrected chi connectivity index (χ0v) is 36.0. The molecule has 318 valence electrons. The topological polar surface area (TPSA) is 119 Å². The molecule has 2 N–H and O–H groups in total. The molecule has 8 nitrogen and oxygen atoms in total. The Morgan fingerprint density at radius 1 is 0.463 bits per heavy atom. The highest BCUT2D eigenvalue weighted by molar-refractivity contribution is 7.46. The number of phosphoric acid groups is 1. The molecule has 0 fully saturated rings. The second kappa shape index (κ2) is 41.2. The Morgan fingerprint density at radius 2 is 0.778 bits per heavy atom. The molecule has 0 rings (SSSR count). The summed E-state index contributed by atoms with van der Waals surface area (Å²) in [5.74, 6) is -0.887. The van der Waals surface area contributed by atoms with E-state index in [1.165, 1.54) is 141 Å². The smallest absolute Gasteiger partial charge is 0.462 e. The van der Waals surface area contributed by atoms with Crippen molar-refractivity contribution in [2.24, 2.45) is 0 Å². The number of esters is 2. The number of hydrogen-bond acceptors (Lipinski definition) is 6. The molecule has 0 unspecified atom stereocenters. The second-order valence-electron chi connectivity index (χ2n) is 15.4. The van der Waals surface area contributed by atoms with Gasteiger partial charge >= 0.3 is 19.8 Å². The first-order valence-corrected chi connectivity index (χ1v) is 24.2. The van der Waals surface area contributed by atoms with E-state index in [0.717, 1.165) is 51.4 Å². The van der Waals surface area contributed by atoms with Crippen molar-refractivity contribution in [3.8, 4) is 0 Å². The van der Waals surface area contributed by atoms with E-state index in [2.05, 4.69) is 42.7 Å². The standard InChI is InChI=1S/C45H85O8P/c1-3-5-7-9-11-13-15-17-19-20-21-22-23-24-26-28-30-32-34-36-38-40-45(47)53-43(42-52-54(48,49)50)41-51-44(46)39-37-35-33-31-29-27-25-18-16-14-12-10-8-6-4-2/h17-19,25,43H,3-16,20-24,26-42H2,1-2H3,(H2,48,49,50)/b19-17-,25-18-/t43-/m1/s1. The first-order chi connectivity index (χ1) is 26.3. The fraction of sp³-hybridized carbons (Fsp3) is 0.867. The number of phosphoric ester groups is 1. The van der Waals surface area contributed by atoms with Crippen LogP contribution in [0.1, 0.15) is 232 Å². The van der Waals surface area contributed by atoms with Gasteiger partial charge in [0.2, 0.25) is 0 Å². The average Bonchev–Trinajstić information content (AvgIpc) is 3.14. The third-order valence-electron chi connectivity index (χ3n) is 9.94. The summed E-state index contributed by atoms with van der Waals surface area (Å²) in [6, 6.07) is 0. The monoisotopic (exact) mass is 785 g/mol. The summed E-state index contributed by atoms with van der Waals surface area (Å²) >= 11 is 0. The summed E-state index contributed by atoms with van der Waals surface area (Å²) in [6.07, 6.45) is 47.6. The van der Waals surface area contributed by atoms with E-state index in [1.807, 2.05) is 0 Å². The van der Waals surface area contributed by atoms with Crippen molar-refractivity contribution in [3.05, 3.63) is 24.3 Å². The zero-order chi connectivity index (χ0) is 39.6. The number of rotatable bonds is 42. The lowest BCUT2D eigenvalue weighted by Gasteiger charge is -2.18. The Hall–Kier alpha value is -1.47. The molecule has 9 heteroatoms. The molecular weight excluding hydrogens is 699 g/mol. The highest BCUT2D eigenvalue weighted by atomic mass is 31.2. The van der Waals surface area contributed by atoms with Gasteiger partial charge in [0.05, 0.1) is 6.61 Å². The SMILES string of the molecule is CCCCCCCC/C=C\CCCCCCCCCCCCCC(=O)O[C@H](COC(=O)CCCCCCC/C=C\CCCCCCCC)COP(=O)(O)O. The minimum absolute atomic E-state index is 0.212. The molecule has 0 saturated heterocycles. The molecule has 0 aliphatic rings. The number of carbonyl (C=O) groups excluding carboxylic acids is 2. The number of unbranched alkanes of at least 4 members (excludes halogenated alkanes) is 28. The molecule has 0 aromatic heterocycles. The van der Waals surface area contributed by atoms with Gasteiger partial charge in [0.25, 0.3) is 0 Å². The molecule has 0 aromatic carbocycles. The lowest BCUT2D eigenvalue weighted by Crippen LogP contribution is -2.29. The summed E-state index contributed by atoms with van der Waals surface area (Å²) in [4.78, 5) is 42.9. The highest BCUT2D eigenvalue weighted by Crippen LogP contribution is 2.36. The van der Waals surface area contributed by atoms with Gasteiger partial charge in [-0.05, 0) is 64.2 Å². The highest BCUT2D eigenvalue weighted by Gasteiger charge is 2.22. The predicted molar refractivity (Wildman–Crippen MR) is 225 cm³/mol. The third kappa shape index (κ3) is 43.3. The second-order valence-corrected chi connectivity index (χ2v) is 16.6. The van der Waals surface area contributed by atoms with Crippen LogP contribution in [0.25, 0.3) is 0 Å². The molecule has 54 heavy (non-hydrogen) atoms. The molecule has 0 aliphatic carbocycles. The van der Waals surface area contributed by atoms with Crippen molar-refractivity contribution in [3.63, 3.8) is 0 Å². The van der Waals surface area contributed by atoms with Gasteiger partial charge in [-0.1, -0.05) is 179 Å². The van der Waals surface area contributed by atoms with Crippen LogP contribution in [0.4, 0.5) is 0 Å². The van der Waals surface area contributed by atoms with Crippen LogP contribution in [-0.2, 0) is 28.2 Å². The fourth-order valence-corrected chi connectivity index (χ4v) is 6.90. The van der Waals surface area contributed by atoms with Gasteiger partial charge in [-0.25, -0.2) is 4.57 Å². The van der Waals surface area contributed by atoms with E-state index in [9.17, 15) is 14.2 Å². The Morgan fingerprint density at radius 3 is 1.13 bits per heavy atom. The van der Waals surface area contributed by atoms with Crippen molar-refractivity contribution >= 4 is 19.8 Å². The summed E-state index contributed by atoms with van der Waals surface area (Å²) < 4.78 is 26.4. The van der Waals surface area contributed by atoms with Crippen molar-refractivity contribution in [2.45, 2.75) is 238 Å². The fourth-order valence-electron chi connectivity index (χ4n) is 6.54. The van der Waals surface area contributed by atoms with E-state index in [0.29, 0.717) is 12.8 Å². The predicted octanol–water partition coefficient (Wildman–Crippen LogP) is 14.0. The van der Waals surface area contributed by atoms with Crippen molar-refractivity contribution in [1.82, 2.24) is 0 Å². The Labute approximate surface area is 332 Å². The largest absolute Gasteiger partial charge is 0.469 e. The third-order valence-corrected chi connectivity index (χ3v) is 10.4. The summed E-state index contributed by atoms with van der Waals surface area (Å²) in [5.41, 5.74) is 0. The number of allylic oxidation sites excluding steroid dienone is 4. The molecule has 0 bridgehead atoms. The van der Waals surface area contributed by atoms with Crippen molar-refractivity contribution in [2.75, 3.05) is 13.2 Å². The minimum Gasteiger partial charge on any atom is -0.462 e. The first kappa shape index (κ1) is 52.5. The van der Waals surface area contributed by atoms with E-state index in [-0.39, 0.29) is 19.4 Å². The van der Waals surface area contributed by atoms with Gasteiger partial charge < -0.3 is 19.3 Å². The minimum atomic E-state index is -4.75. The molecule has 0 saturated carbocycles. The molecule has 0 amide bonds. The van der Waals surface area contributed by atoms with Gasteiger partial charge in [-0.3, -0.25) is 14.1 Å². The quantitative estimate of drug-likeness (QED) is 0.0272. The van der Waals surface area contributed by atoms with E-state index in [4.69, 9.17) is 19.3 Å². The van der Waals surface area contributed by atoms with Gasteiger partial charge in [-0.15, -0.1) is 0 Å². The normalized spacial score (nSPS) is 12.6. The van der Waals surface area contributed by atoms with Crippen LogP contribution in [0.15, 0.2) is 24.3 Å². The van der Waals surface area contributed by atoms with E-state index >= 15 is 0 Å². The maximum Gasteiger partial charge on any atom is 0.469 e. The lowest BCUT2D eigenvalue weighted by atomic mass is 10.0. The zero-order valence-electron chi connectivity index (χ0n) is 35.1. The Kier molecular flexibility index (Phi) is 40.1. The maximum absolute atomic E-state index is 12.4. The Bertz CT molecular complexity index is 931. The summed E-state index contributed by atoms with van der Waals surface area (Å²) in [6.45, 7) is 3.69.